The van der Waals surface area contributed by atoms with Crippen molar-refractivity contribution in [3.05, 3.63) is 0 Å². The van der Waals surface area contributed by atoms with Gasteiger partial charge in [0, 0.05) is 6.61 Å². The molecule has 1 rings (SSSR count). The minimum absolute atomic E-state index is 0.352. The van der Waals surface area contributed by atoms with Crippen LogP contribution < -0.4 is 0 Å². The molecule has 0 aromatic rings. The van der Waals surface area contributed by atoms with Gasteiger partial charge in [0.15, 0.2) is 0 Å². The maximum absolute atomic E-state index is 5.74. The third kappa shape index (κ3) is 3.55. The summed E-state index contributed by atoms with van der Waals surface area (Å²) in [6.07, 6.45) is 4.41. The zero-order valence-corrected chi connectivity index (χ0v) is 8.38. The van der Waals surface area contributed by atoms with Crippen molar-refractivity contribution in [3.8, 4) is 0 Å². The summed E-state index contributed by atoms with van der Waals surface area (Å²) in [6.45, 7) is 7.25. The lowest BCUT2D eigenvalue weighted by molar-refractivity contribution is -0.00293. The molecule has 0 N–H and O–H groups in total. The topological polar surface area (TPSA) is 18.5 Å². The normalized spacial score (nSPS) is 39.8. The molecule has 0 aromatic carbocycles. The molecule has 0 amide bonds. The highest BCUT2D eigenvalue weighted by atomic mass is 16.5. The van der Waals surface area contributed by atoms with Crippen LogP contribution in [-0.4, -0.2) is 24.9 Å². The first-order chi connectivity index (χ1) is 5.68. The van der Waals surface area contributed by atoms with Crippen molar-refractivity contribution in [3.63, 3.8) is 0 Å². The van der Waals surface area contributed by atoms with Gasteiger partial charge < -0.3 is 9.47 Å². The van der Waals surface area contributed by atoms with Crippen molar-refractivity contribution in [1.82, 2.24) is 0 Å². The molecule has 0 spiro atoms. The third-order valence-electron chi connectivity index (χ3n) is 2.37. The van der Waals surface area contributed by atoms with Crippen LogP contribution in [0.15, 0.2) is 0 Å². The van der Waals surface area contributed by atoms with Gasteiger partial charge in [0.2, 0.25) is 0 Å². The Morgan fingerprint density at radius 3 is 2.17 bits per heavy atom. The van der Waals surface area contributed by atoms with Crippen molar-refractivity contribution in [2.75, 3.05) is 6.61 Å². The lowest BCUT2D eigenvalue weighted by Gasteiger charge is -2.16. The van der Waals surface area contributed by atoms with Crippen LogP contribution in [0, 0.1) is 0 Å². The highest BCUT2D eigenvalue weighted by molar-refractivity contribution is 4.62. The van der Waals surface area contributed by atoms with Gasteiger partial charge in [-0.1, -0.05) is 0 Å². The number of rotatable bonds is 0. The minimum atomic E-state index is 0.352. The van der Waals surface area contributed by atoms with E-state index in [2.05, 4.69) is 20.8 Å². The molecule has 12 heavy (non-hydrogen) atoms. The second-order valence-electron chi connectivity index (χ2n) is 3.80. The van der Waals surface area contributed by atoms with Crippen LogP contribution >= 0.6 is 0 Å². The van der Waals surface area contributed by atoms with Crippen molar-refractivity contribution in [2.45, 2.75) is 58.3 Å². The molecular weight excluding hydrogens is 152 g/mol. The van der Waals surface area contributed by atoms with Gasteiger partial charge in [-0.05, 0) is 40.0 Å². The molecule has 0 aromatic heterocycles. The Hall–Kier alpha value is -0.0800. The van der Waals surface area contributed by atoms with Gasteiger partial charge in [0.25, 0.3) is 0 Å². The minimum Gasteiger partial charge on any atom is -0.378 e. The van der Waals surface area contributed by atoms with Crippen LogP contribution in [0.1, 0.15) is 40.0 Å². The Morgan fingerprint density at radius 1 is 0.833 bits per heavy atom. The van der Waals surface area contributed by atoms with E-state index in [1.165, 1.54) is 0 Å². The standard InChI is InChI=1S/C10H20O2/c1-8-4-5-9(2)12-10(3)6-7-11-8/h8-10H,4-7H2,1-3H3. The maximum Gasteiger partial charge on any atom is 0.0572 e. The zero-order chi connectivity index (χ0) is 8.97. The van der Waals surface area contributed by atoms with E-state index in [0.29, 0.717) is 18.3 Å². The number of hydrogen-bond acceptors (Lipinski definition) is 2. The van der Waals surface area contributed by atoms with Gasteiger partial charge in [0.1, 0.15) is 0 Å². The Bertz CT molecular complexity index is 125. The SMILES string of the molecule is CC1CCC(C)OC(C)CCO1. The summed E-state index contributed by atoms with van der Waals surface area (Å²) in [7, 11) is 0. The van der Waals surface area contributed by atoms with Crippen LogP contribution in [-0.2, 0) is 9.47 Å². The average Bonchev–Trinajstić information content (AvgIpc) is 2.05. The van der Waals surface area contributed by atoms with E-state index < -0.39 is 0 Å². The van der Waals surface area contributed by atoms with E-state index in [4.69, 9.17) is 9.47 Å². The molecule has 0 bridgehead atoms. The molecular formula is C10H20O2. The molecule has 1 aliphatic rings. The monoisotopic (exact) mass is 172 g/mol. The third-order valence-corrected chi connectivity index (χ3v) is 2.37. The number of hydrogen-bond donors (Lipinski definition) is 0. The quantitative estimate of drug-likeness (QED) is 0.558. The van der Waals surface area contributed by atoms with E-state index >= 15 is 0 Å². The summed E-state index contributed by atoms with van der Waals surface area (Å²) < 4.78 is 11.3. The highest BCUT2D eigenvalue weighted by Gasteiger charge is 2.14. The molecule has 1 heterocycles. The first-order valence-electron chi connectivity index (χ1n) is 4.95. The van der Waals surface area contributed by atoms with Gasteiger partial charge in [-0.25, -0.2) is 0 Å². The summed E-state index contributed by atoms with van der Waals surface area (Å²) in [6, 6.07) is 0. The second kappa shape index (κ2) is 4.83. The fourth-order valence-corrected chi connectivity index (χ4v) is 1.52. The van der Waals surface area contributed by atoms with Crippen LogP contribution in [0.4, 0.5) is 0 Å². The summed E-state index contributed by atoms with van der Waals surface area (Å²) >= 11 is 0. The smallest absolute Gasteiger partial charge is 0.0572 e. The van der Waals surface area contributed by atoms with Gasteiger partial charge in [-0.2, -0.15) is 0 Å². The van der Waals surface area contributed by atoms with Crippen molar-refractivity contribution < 1.29 is 9.47 Å². The molecule has 0 radical (unpaired) electrons. The largest absolute Gasteiger partial charge is 0.378 e. The Labute approximate surface area is 75.2 Å². The van der Waals surface area contributed by atoms with Gasteiger partial charge >= 0.3 is 0 Å². The van der Waals surface area contributed by atoms with Gasteiger partial charge in [0.05, 0.1) is 18.3 Å². The van der Waals surface area contributed by atoms with E-state index in [1.807, 2.05) is 0 Å². The molecule has 0 aliphatic carbocycles. The first kappa shape index (κ1) is 10.0. The van der Waals surface area contributed by atoms with Gasteiger partial charge in [-0.3, -0.25) is 0 Å². The van der Waals surface area contributed by atoms with Crippen molar-refractivity contribution in [1.29, 1.82) is 0 Å². The lowest BCUT2D eigenvalue weighted by atomic mass is 10.1. The fraction of sp³-hybridized carbons (Fsp3) is 1.00. The summed E-state index contributed by atoms with van der Waals surface area (Å²) in [4.78, 5) is 0. The zero-order valence-electron chi connectivity index (χ0n) is 8.38. The maximum atomic E-state index is 5.74. The van der Waals surface area contributed by atoms with Crippen molar-refractivity contribution >= 4 is 0 Å². The molecule has 3 atom stereocenters. The van der Waals surface area contributed by atoms with E-state index in [0.717, 1.165) is 25.9 Å². The molecule has 1 fully saturated rings. The highest BCUT2D eigenvalue weighted by Crippen LogP contribution is 2.14. The van der Waals surface area contributed by atoms with Gasteiger partial charge in [-0.15, -0.1) is 0 Å². The Balaban J connectivity index is 2.36. The van der Waals surface area contributed by atoms with Crippen LogP contribution in [0.5, 0.6) is 0 Å². The molecule has 72 valence electrons. The molecule has 3 unspecified atom stereocenters. The van der Waals surface area contributed by atoms with Crippen LogP contribution in [0.2, 0.25) is 0 Å². The first-order valence-corrected chi connectivity index (χ1v) is 4.95. The van der Waals surface area contributed by atoms with E-state index in [9.17, 15) is 0 Å². The Morgan fingerprint density at radius 2 is 1.42 bits per heavy atom. The Kier molecular flexibility index (Phi) is 4.02. The second-order valence-corrected chi connectivity index (χ2v) is 3.80. The lowest BCUT2D eigenvalue weighted by Crippen LogP contribution is -2.16. The fourth-order valence-electron chi connectivity index (χ4n) is 1.52. The van der Waals surface area contributed by atoms with E-state index in [1.54, 1.807) is 0 Å². The van der Waals surface area contributed by atoms with Crippen LogP contribution in [0.3, 0.4) is 0 Å². The summed E-state index contributed by atoms with van der Waals surface area (Å²) in [5, 5.41) is 0. The van der Waals surface area contributed by atoms with Crippen LogP contribution in [0.25, 0.3) is 0 Å². The molecule has 2 nitrogen and oxygen atoms in total. The molecule has 2 heteroatoms. The summed E-state index contributed by atoms with van der Waals surface area (Å²) in [5.41, 5.74) is 0. The van der Waals surface area contributed by atoms with E-state index in [-0.39, 0.29) is 0 Å². The predicted octanol–water partition coefficient (Wildman–Crippen LogP) is 2.37. The molecule has 1 saturated heterocycles. The van der Waals surface area contributed by atoms with Crippen molar-refractivity contribution in [2.24, 2.45) is 0 Å². The molecule has 1 aliphatic heterocycles. The predicted molar refractivity (Wildman–Crippen MR) is 49.3 cm³/mol. The summed E-state index contributed by atoms with van der Waals surface area (Å²) in [5.74, 6) is 0. The average molecular weight is 172 g/mol. The molecule has 0 saturated carbocycles. The number of ether oxygens (including phenoxy) is 2.